The third kappa shape index (κ3) is 4.68. The molecule has 2 aromatic carbocycles. The second-order valence-corrected chi connectivity index (χ2v) is 5.99. The van der Waals surface area contributed by atoms with Crippen molar-refractivity contribution in [2.45, 2.75) is 26.4 Å². The summed E-state index contributed by atoms with van der Waals surface area (Å²) >= 11 is 3.49. The Hall–Kier alpha value is -1.65. The summed E-state index contributed by atoms with van der Waals surface area (Å²) in [7, 11) is 0. The fourth-order valence-corrected chi connectivity index (χ4v) is 2.60. The van der Waals surface area contributed by atoms with E-state index < -0.39 is 0 Å². The van der Waals surface area contributed by atoms with E-state index >= 15 is 0 Å². The molecule has 2 rings (SSSR count). The summed E-state index contributed by atoms with van der Waals surface area (Å²) in [5.74, 6) is -0.274. The van der Waals surface area contributed by atoms with Crippen molar-refractivity contribution < 1.29 is 9.53 Å². The van der Waals surface area contributed by atoms with Crippen molar-refractivity contribution in [2.75, 3.05) is 6.61 Å². The van der Waals surface area contributed by atoms with Gasteiger partial charge in [0.2, 0.25) is 0 Å². The van der Waals surface area contributed by atoms with E-state index in [0.29, 0.717) is 18.7 Å². The lowest BCUT2D eigenvalue weighted by atomic mass is 10.1. The van der Waals surface area contributed by atoms with Crippen LogP contribution in [0.1, 0.15) is 41.4 Å². The third-order valence-electron chi connectivity index (χ3n) is 3.40. The molecule has 0 saturated carbocycles. The van der Waals surface area contributed by atoms with Crippen molar-refractivity contribution in [2.24, 2.45) is 0 Å². The van der Waals surface area contributed by atoms with Gasteiger partial charge in [-0.15, -0.1) is 0 Å². The van der Waals surface area contributed by atoms with Gasteiger partial charge in [-0.25, -0.2) is 4.79 Å². The molecule has 0 aliphatic carbocycles. The van der Waals surface area contributed by atoms with E-state index in [1.807, 2.05) is 37.3 Å². The van der Waals surface area contributed by atoms with Crippen LogP contribution >= 0.6 is 15.9 Å². The molecule has 2 aromatic rings. The van der Waals surface area contributed by atoms with Gasteiger partial charge < -0.3 is 10.1 Å². The van der Waals surface area contributed by atoms with Gasteiger partial charge in [0.05, 0.1) is 12.2 Å². The monoisotopic (exact) mass is 361 g/mol. The minimum Gasteiger partial charge on any atom is -0.462 e. The van der Waals surface area contributed by atoms with Gasteiger partial charge in [0.25, 0.3) is 0 Å². The minimum atomic E-state index is -0.274. The topological polar surface area (TPSA) is 38.3 Å². The SMILES string of the molecule is CCOC(=O)c1cccc(CN[C@@H](C)c2cccc(Br)c2)c1. The number of hydrogen-bond donors (Lipinski definition) is 1. The van der Waals surface area contributed by atoms with E-state index in [0.717, 1.165) is 10.0 Å². The lowest BCUT2D eigenvalue weighted by Gasteiger charge is -2.15. The van der Waals surface area contributed by atoms with Crippen LogP contribution in [0.2, 0.25) is 0 Å². The second-order valence-electron chi connectivity index (χ2n) is 5.08. The number of carbonyl (C=O) groups excluding carboxylic acids is 1. The van der Waals surface area contributed by atoms with Crippen molar-refractivity contribution >= 4 is 21.9 Å². The Morgan fingerprint density at radius 2 is 2.00 bits per heavy atom. The van der Waals surface area contributed by atoms with Gasteiger partial charge in [-0.3, -0.25) is 0 Å². The number of nitrogens with one attached hydrogen (secondary N) is 1. The van der Waals surface area contributed by atoms with Crippen LogP contribution in [0.15, 0.2) is 53.0 Å². The zero-order valence-corrected chi connectivity index (χ0v) is 14.4. The number of hydrogen-bond acceptors (Lipinski definition) is 3. The number of esters is 1. The van der Waals surface area contributed by atoms with Crippen LogP contribution in [0.3, 0.4) is 0 Å². The van der Waals surface area contributed by atoms with Crippen LogP contribution in [0.4, 0.5) is 0 Å². The first kappa shape index (κ1) is 16.7. The van der Waals surface area contributed by atoms with Gasteiger partial charge in [0.1, 0.15) is 0 Å². The zero-order valence-electron chi connectivity index (χ0n) is 12.8. The zero-order chi connectivity index (χ0) is 15.9. The first-order chi connectivity index (χ1) is 10.6. The average Bonchev–Trinajstić information content (AvgIpc) is 2.53. The molecule has 1 N–H and O–H groups in total. The Morgan fingerprint density at radius 1 is 1.23 bits per heavy atom. The molecule has 1 atom stereocenters. The molecule has 0 fully saturated rings. The molecule has 4 heteroatoms. The molecule has 0 unspecified atom stereocenters. The summed E-state index contributed by atoms with van der Waals surface area (Å²) in [5, 5.41) is 3.47. The van der Waals surface area contributed by atoms with Gasteiger partial charge in [-0.2, -0.15) is 0 Å². The first-order valence-corrected chi connectivity index (χ1v) is 8.14. The summed E-state index contributed by atoms with van der Waals surface area (Å²) in [4.78, 5) is 11.7. The van der Waals surface area contributed by atoms with E-state index in [1.54, 1.807) is 6.07 Å². The van der Waals surface area contributed by atoms with E-state index in [2.05, 4.69) is 40.3 Å². The Kier molecular flexibility index (Phi) is 6.16. The largest absolute Gasteiger partial charge is 0.462 e. The van der Waals surface area contributed by atoms with Crippen molar-refractivity contribution in [1.29, 1.82) is 0 Å². The van der Waals surface area contributed by atoms with Crippen molar-refractivity contribution in [1.82, 2.24) is 5.32 Å². The number of rotatable bonds is 6. The van der Waals surface area contributed by atoms with Crippen molar-refractivity contribution in [3.05, 3.63) is 69.7 Å². The number of carbonyl (C=O) groups is 1. The summed E-state index contributed by atoms with van der Waals surface area (Å²) < 4.78 is 6.10. The highest BCUT2D eigenvalue weighted by atomic mass is 79.9. The van der Waals surface area contributed by atoms with E-state index in [1.165, 1.54) is 5.56 Å². The minimum absolute atomic E-state index is 0.226. The van der Waals surface area contributed by atoms with E-state index in [-0.39, 0.29) is 12.0 Å². The Balaban J connectivity index is 1.99. The molecule has 0 aromatic heterocycles. The molecular weight excluding hydrogens is 342 g/mol. The van der Waals surface area contributed by atoms with Crippen LogP contribution in [-0.2, 0) is 11.3 Å². The highest BCUT2D eigenvalue weighted by molar-refractivity contribution is 9.10. The van der Waals surface area contributed by atoms with Gasteiger partial charge in [0, 0.05) is 17.1 Å². The molecular formula is C18H20BrNO2. The molecule has 0 amide bonds. The van der Waals surface area contributed by atoms with Crippen LogP contribution < -0.4 is 5.32 Å². The summed E-state index contributed by atoms with van der Waals surface area (Å²) in [6.45, 7) is 5.02. The quantitative estimate of drug-likeness (QED) is 0.771. The smallest absolute Gasteiger partial charge is 0.338 e. The lowest BCUT2D eigenvalue weighted by molar-refractivity contribution is 0.0526. The maximum atomic E-state index is 11.7. The highest BCUT2D eigenvalue weighted by Gasteiger charge is 2.08. The molecule has 22 heavy (non-hydrogen) atoms. The van der Waals surface area contributed by atoms with Crippen LogP contribution in [0, 0.1) is 0 Å². The van der Waals surface area contributed by atoms with Gasteiger partial charge in [0.15, 0.2) is 0 Å². The number of ether oxygens (including phenoxy) is 1. The predicted octanol–water partition coefficient (Wildman–Crippen LogP) is 4.48. The van der Waals surface area contributed by atoms with Crippen LogP contribution in [0.25, 0.3) is 0 Å². The normalized spacial score (nSPS) is 12.0. The number of halogens is 1. The lowest BCUT2D eigenvalue weighted by Crippen LogP contribution is -2.18. The highest BCUT2D eigenvalue weighted by Crippen LogP contribution is 2.18. The molecule has 0 heterocycles. The van der Waals surface area contributed by atoms with Crippen LogP contribution in [0.5, 0.6) is 0 Å². The third-order valence-corrected chi connectivity index (χ3v) is 3.89. The standard InChI is InChI=1S/C18H20BrNO2/c1-3-22-18(21)16-8-4-6-14(10-16)12-20-13(2)15-7-5-9-17(19)11-15/h4-11,13,20H,3,12H2,1-2H3/t13-/m0/s1. The van der Waals surface area contributed by atoms with Gasteiger partial charge in [-0.1, -0.05) is 40.2 Å². The molecule has 0 aliphatic heterocycles. The van der Waals surface area contributed by atoms with E-state index in [4.69, 9.17) is 4.74 Å². The summed E-state index contributed by atoms with van der Waals surface area (Å²) in [5.41, 5.74) is 2.87. The van der Waals surface area contributed by atoms with Crippen LogP contribution in [-0.4, -0.2) is 12.6 Å². The Labute approximate surface area is 139 Å². The Morgan fingerprint density at radius 3 is 2.73 bits per heavy atom. The fourth-order valence-electron chi connectivity index (χ4n) is 2.19. The first-order valence-electron chi connectivity index (χ1n) is 7.35. The molecule has 0 aliphatic rings. The fraction of sp³-hybridized carbons (Fsp3) is 0.278. The predicted molar refractivity (Wildman–Crippen MR) is 91.8 cm³/mol. The maximum absolute atomic E-state index is 11.7. The summed E-state index contributed by atoms with van der Waals surface area (Å²) in [6.07, 6.45) is 0. The molecule has 3 nitrogen and oxygen atoms in total. The average molecular weight is 362 g/mol. The Bertz CT molecular complexity index is 642. The van der Waals surface area contributed by atoms with E-state index in [9.17, 15) is 4.79 Å². The maximum Gasteiger partial charge on any atom is 0.338 e. The summed E-state index contributed by atoms with van der Waals surface area (Å²) in [6, 6.07) is 16.0. The van der Waals surface area contributed by atoms with Gasteiger partial charge >= 0.3 is 5.97 Å². The number of benzene rings is 2. The molecule has 0 spiro atoms. The second kappa shape index (κ2) is 8.11. The molecule has 0 bridgehead atoms. The molecule has 0 saturated heterocycles. The molecule has 116 valence electrons. The van der Waals surface area contributed by atoms with Crippen molar-refractivity contribution in [3.63, 3.8) is 0 Å². The van der Waals surface area contributed by atoms with Gasteiger partial charge in [-0.05, 0) is 49.2 Å². The van der Waals surface area contributed by atoms with Crippen molar-refractivity contribution in [3.8, 4) is 0 Å². The molecule has 0 radical (unpaired) electrons.